The van der Waals surface area contributed by atoms with Crippen LogP contribution >= 0.6 is 0 Å². The van der Waals surface area contributed by atoms with E-state index in [1.807, 2.05) is 55.5 Å². The fourth-order valence-corrected chi connectivity index (χ4v) is 3.82. The third-order valence-electron chi connectivity index (χ3n) is 5.28. The van der Waals surface area contributed by atoms with Crippen LogP contribution in [0.25, 0.3) is 0 Å². The highest BCUT2D eigenvalue weighted by atomic mass is 16.4. The van der Waals surface area contributed by atoms with Gasteiger partial charge in [0.15, 0.2) is 11.5 Å². The molecular weight excluding hydrogens is 350 g/mol. The van der Waals surface area contributed by atoms with Crippen LogP contribution in [-0.4, -0.2) is 18.2 Å². The van der Waals surface area contributed by atoms with E-state index in [1.54, 1.807) is 4.90 Å². The van der Waals surface area contributed by atoms with E-state index in [1.165, 1.54) is 5.56 Å². The molecule has 3 aromatic rings. The first-order valence-electron chi connectivity index (χ1n) is 9.71. The lowest BCUT2D eigenvalue weighted by Crippen LogP contribution is -2.33. The number of para-hydroxylation sites is 1. The third-order valence-corrected chi connectivity index (χ3v) is 5.28. The molecule has 4 nitrogen and oxygen atoms in total. The summed E-state index contributed by atoms with van der Waals surface area (Å²) in [5, 5.41) is 0. The highest BCUT2D eigenvalue weighted by Gasteiger charge is 2.31. The number of Topliss-reactive ketones (excluding diaryl/α,β-unsaturated/α-hetero) is 1. The molecule has 1 aromatic heterocycles. The molecule has 0 saturated carbocycles. The number of amides is 1. The van der Waals surface area contributed by atoms with Gasteiger partial charge in [-0.1, -0.05) is 48.5 Å². The van der Waals surface area contributed by atoms with Crippen molar-refractivity contribution in [3.05, 3.63) is 88.9 Å². The minimum absolute atomic E-state index is 0.0806. The van der Waals surface area contributed by atoms with Crippen molar-refractivity contribution in [2.45, 2.75) is 32.6 Å². The van der Waals surface area contributed by atoms with Gasteiger partial charge in [0.05, 0.1) is 5.56 Å². The topological polar surface area (TPSA) is 50.5 Å². The van der Waals surface area contributed by atoms with E-state index in [2.05, 4.69) is 12.1 Å². The normalized spacial score (nSPS) is 13.2. The Morgan fingerprint density at radius 1 is 1.00 bits per heavy atom. The van der Waals surface area contributed by atoms with Gasteiger partial charge in [-0.2, -0.15) is 0 Å². The lowest BCUT2D eigenvalue weighted by molar-refractivity contribution is 0.0949. The molecule has 0 unspecified atom stereocenters. The highest BCUT2D eigenvalue weighted by molar-refractivity contribution is 6.08. The van der Waals surface area contributed by atoms with Crippen LogP contribution in [0.2, 0.25) is 0 Å². The van der Waals surface area contributed by atoms with Gasteiger partial charge in [0.1, 0.15) is 5.76 Å². The maximum Gasteiger partial charge on any atom is 0.294 e. The molecule has 1 amide bonds. The molecule has 0 saturated heterocycles. The molecule has 4 heteroatoms. The van der Waals surface area contributed by atoms with Gasteiger partial charge in [0.25, 0.3) is 5.91 Å². The first kappa shape index (κ1) is 18.2. The van der Waals surface area contributed by atoms with Crippen LogP contribution in [0.4, 0.5) is 5.69 Å². The van der Waals surface area contributed by atoms with E-state index in [4.69, 9.17) is 4.42 Å². The lowest BCUT2D eigenvalue weighted by Gasteiger charge is -2.22. The van der Waals surface area contributed by atoms with Crippen molar-refractivity contribution < 1.29 is 14.0 Å². The fraction of sp³-hybridized carbons (Fsp3) is 0.250. The van der Waals surface area contributed by atoms with E-state index in [-0.39, 0.29) is 17.5 Å². The number of furan rings is 1. The van der Waals surface area contributed by atoms with Crippen molar-refractivity contribution in [3.8, 4) is 0 Å². The van der Waals surface area contributed by atoms with Gasteiger partial charge in [-0.15, -0.1) is 0 Å². The SMILES string of the molecule is Cc1c(C(=O)N(CCc2ccccc2)c2ccccc2)oc2c1C(=O)CCC2. The third kappa shape index (κ3) is 3.50. The molecule has 0 spiro atoms. The van der Waals surface area contributed by atoms with Gasteiger partial charge in [0, 0.05) is 30.6 Å². The second-order valence-electron chi connectivity index (χ2n) is 7.16. The maximum atomic E-state index is 13.4. The van der Waals surface area contributed by atoms with Gasteiger partial charge in [-0.25, -0.2) is 0 Å². The van der Waals surface area contributed by atoms with Gasteiger partial charge < -0.3 is 9.32 Å². The number of carbonyl (C=O) groups excluding carboxylic acids is 2. The van der Waals surface area contributed by atoms with E-state index in [0.29, 0.717) is 36.3 Å². The Morgan fingerprint density at radius 2 is 1.68 bits per heavy atom. The van der Waals surface area contributed by atoms with Crippen LogP contribution in [0.5, 0.6) is 0 Å². The maximum absolute atomic E-state index is 13.4. The molecule has 28 heavy (non-hydrogen) atoms. The zero-order chi connectivity index (χ0) is 19.5. The van der Waals surface area contributed by atoms with E-state index in [9.17, 15) is 9.59 Å². The van der Waals surface area contributed by atoms with Crippen molar-refractivity contribution in [1.82, 2.24) is 0 Å². The Kier molecular flexibility index (Phi) is 5.11. The Balaban J connectivity index is 1.66. The smallest absolute Gasteiger partial charge is 0.294 e. The number of nitrogens with zero attached hydrogens (tertiary/aromatic N) is 1. The summed E-state index contributed by atoms with van der Waals surface area (Å²) in [6.07, 6.45) is 2.75. The monoisotopic (exact) mass is 373 g/mol. The van der Waals surface area contributed by atoms with Gasteiger partial charge in [-0.05, 0) is 37.5 Å². The molecule has 2 aromatic carbocycles. The molecular formula is C24H23NO3. The van der Waals surface area contributed by atoms with Crippen molar-refractivity contribution in [1.29, 1.82) is 0 Å². The fourth-order valence-electron chi connectivity index (χ4n) is 3.82. The number of aryl methyl sites for hydroxylation is 1. The van der Waals surface area contributed by atoms with Crippen LogP contribution in [-0.2, 0) is 12.8 Å². The van der Waals surface area contributed by atoms with Gasteiger partial charge in [0.2, 0.25) is 0 Å². The van der Waals surface area contributed by atoms with E-state index >= 15 is 0 Å². The average molecular weight is 373 g/mol. The van der Waals surface area contributed by atoms with Crippen molar-refractivity contribution in [2.24, 2.45) is 0 Å². The van der Waals surface area contributed by atoms with Crippen LogP contribution in [0.3, 0.4) is 0 Å². The highest BCUT2D eigenvalue weighted by Crippen LogP contribution is 2.31. The quantitative estimate of drug-likeness (QED) is 0.633. The largest absolute Gasteiger partial charge is 0.455 e. The van der Waals surface area contributed by atoms with Crippen LogP contribution < -0.4 is 4.90 Å². The van der Waals surface area contributed by atoms with E-state index < -0.39 is 0 Å². The summed E-state index contributed by atoms with van der Waals surface area (Å²) in [4.78, 5) is 27.5. The second kappa shape index (κ2) is 7.85. The summed E-state index contributed by atoms with van der Waals surface area (Å²) in [5.41, 5.74) is 3.28. The molecule has 0 atom stereocenters. The number of hydrogen-bond donors (Lipinski definition) is 0. The van der Waals surface area contributed by atoms with Gasteiger partial charge >= 0.3 is 0 Å². The molecule has 0 N–H and O–H groups in total. The molecule has 1 aliphatic carbocycles. The Hall–Kier alpha value is -3.14. The summed E-state index contributed by atoms with van der Waals surface area (Å²) < 4.78 is 5.91. The number of benzene rings is 2. The zero-order valence-electron chi connectivity index (χ0n) is 16.0. The first-order chi connectivity index (χ1) is 13.6. The summed E-state index contributed by atoms with van der Waals surface area (Å²) in [6, 6.07) is 19.7. The van der Waals surface area contributed by atoms with Gasteiger partial charge in [-0.3, -0.25) is 9.59 Å². The molecule has 4 rings (SSSR count). The zero-order valence-corrected chi connectivity index (χ0v) is 16.0. The predicted molar refractivity (Wildman–Crippen MR) is 109 cm³/mol. The minimum atomic E-state index is -0.193. The number of ketones is 1. The van der Waals surface area contributed by atoms with Crippen molar-refractivity contribution in [3.63, 3.8) is 0 Å². The van der Waals surface area contributed by atoms with Crippen LogP contribution in [0.15, 0.2) is 65.1 Å². The summed E-state index contributed by atoms with van der Waals surface area (Å²) in [7, 11) is 0. The minimum Gasteiger partial charge on any atom is -0.455 e. The number of rotatable bonds is 5. The molecule has 0 radical (unpaired) electrons. The summed E-state index contributed by atoms with van der Waals surface area (Å²) in [6.45, 7) is 2.35. The molecule has 0 fully saturated rings. The summed E-state index contributed by atoms with van der Waals surface area (Å²) >= 11 is 0. The van der Waals surface area contributed by atoms with Crippen molar-refractivity contribution in [2.75, 3.05) is 11.4 Å². The molecule has 0 bridgehead atoms. The Labute approximate surface area is 164 Å². The second-order valence-corrected chi connectivity index (χ2v) is 7.16. The molecule has 142 valence electrons. The predicted octanol–water partition coefficient (Wildman–Crippen LogP) is 5.00. The summed E-state index contributed by atoms with van der Waals surface area (Å²) in [5.74, 6) is 0.837. The number of fused-ring (bicyclic) bond motifs is 1. The molecule has 0 aliphatic heterocycles. The number of hydrogen-bond acceptors (Lipinski definition) is 3. The van der Waals surface area contributed by atoms with Crippen molar-refractivity contribution >= 4 is 17.4 Å². The van der Waals surface area contributed by atoms with E-state index in [0.717, 1.165) is 18.5 Å². The molecule has 1 heterocycles. The van der Waals surface area contributed by atoms with Crippen LogP contribution in [0.1, 0.15) is 50.6 Å². The Morgan fingerprint density at radius 3 is 2.36 bits per heavy atom. The Bertz CT molecular complexity index is 989. The lowest BCUT2D eigenvalue weighted by atomic mass is 9.94. The average Bonchev–Trinajstić information content (AvgIpc) is 3.07. The number of carbonyl (C=O) groups is 2. The first-order valence-corrected chi connectivity index (χ1v) is 9.71. The standard InChI is InChI=1S/C24H23NO3/c1-17-22-20(26)13-8-14-21(22)28-23(17)24(27)25(19-11-6-3-7-12-19)16-15-18-9-4-2-5-10-18/h2-7,9-12H,8,13-16H2,1H3. The van der Waals surface area contributed by atoms with Crippen LogP contribution in [0, 0.1) is 6.92 Å². The number of anilines is 1. The molecule has 1 aliphatic rings.